The molecule has 8 heteroatoms. The molecular formula is C17H17ClN2O5. The number of carboxylic acid groups (broad SMARTS) is 1. The van der Waals surface area contributed by atoms with Gasteiger partial charge in [0.1, 0.15) is 12.0 Å². The summed E-state index contributed by atoms with van der Waals surface area (Å²) < 4.78 is 16.5. The smallest absolute Gasteiger partial charge is 0.303 e. The topological polar surface area (TPSA) is 98.6 Å². The first-order valence-corrected chi connectivity index (χ1v) is 8.26. The molecule has 0 aliphatic rings. The highest BCUT2D eigenvalue weighted by molar-refractivity contribution is 6.32. The van der Waals surface area contributed by atoms with Crippen LogP contribution < -0.4 is 4.74 Å². The maximum atomic E-state index is 10.7. The molecule has 2 heterocycles. The van der Waals surface area contributed by atoms with Crippen molar-refractivity contribution in [3.05, 3.63) is 40.7 Å². The Balaban J connectivity index is 1.82. The van der Waals surface area contributed by atoms with Gasteiger partial charge >= 0.3 is 5.97 Å². The summed E-state index contributed by atoms with van der Waals surface area (Å²) in [4.78, 5) is 15.0. The zero-order valence-electron chi connectivity index (χ0n) is 13.8. The highest BCUT2D eigenvalue weighted by Crippen LogP contribution is 2.34. The van der Waals surface area contributed by atoms with Gasteiger partial charge in [0.05, 0.1) is 22.8 Å². The molecule has 0 fully saturated rings. The lowest BCUT2D eigenvalue weighted by Gasteiger charge is -2.12. The summed E-state index contributed by atoms with van der Waals surface area (Å²) in [6, 6.07) is 3.30. The highest BCUT2D eigenvalue weighted by atomic mass is 35.5. The number of aryl methyl sites for hydroxylation is 2. The molecule has 1 aromatic carbocycles. The van der Waals surface area contributed by atoms with E-state index in [2.05, 4.69) is 10.1 Å². The van der Waals surface area contributed by atoms with E-state index in [1.807, 2.05) is 13.8 Å². The van der Waals surface area contributed by atoms with E-state index in [1.165, 1.54) is 0 Å². The molecular weight excluding hydrogens is 348 g/mol. The van der Waals surface area contributed by atoms with E-state index in [9.17, 15) is 4.79 Å². The average Bonchev–Trinajstić information content (AvgIpc) is 3.20. The minimum atomic E-state index is -0.895. The Hall–Kier alpha value is -2.54. The van der Waals surface area contributed by atoms with Crippen molar-refractivity contribution in [1.29, 1.82) is 0 Å². The molecule has 0 amide bonds. The van der Waals surface area contributed by atoms with Crippen molar-refractivity contribution in [3.63, 3.8) is 0 Å². The van der Waals surface area contributed by atoms with Crippen LogP contribution in [0.1, 0.15) is 43.7 Å². The lowest BCUT2D eigenvalue weighted by molar-refractivity contribution is -0.136. The summed E-state index contributed by atoms with van der Waals surface area (Å²) in [6.45, 7) is 3.80. The molecule has 3 aromatic rings. The standard InChI is InChI=1S/C17H17ClN2O5/c1-3-10-8-23-17(19-10)9(2)24-15-7-14-11(6-12(15)18)13(20-25-14)4-5-16(21)22/h6-9H,3-5H2,1-2H3,(H,21,22)/t9-/m1/s1. The molecule has 0 unspecified atom stereocenters. The first kappa shape index (κ1) is 17.3. The number of fused-ring (bicyclic) bond motifs is 1. The monoisotopic (exact) mass is 364 g/mol. The van der Waals surface area contributed by atoms with Crippen LogP contribution in [-0.4, -0.2) is 21.2 Å². The first-order valence-electron chi connectivity index (χ1n) is 7.88. The Morgan fingerprint density at radius 1 is 1.44 bits per heavy atom. The second-order valence-corrected chi connectivity index (χ2v) is 6.00. The van der Waals surface area contributed by atoms with Crippen molar-refractivity contribution in [3.8, 4) is 5.75 Å². The van der Waals surface area contributed by atoms with Gasteiger partial charge in [0.2, 0.25) is 5.89 Å². The number of hydrogen-bond acceptors (Lipinski definition) is 6. The van der Waals surface area contributed by atoms with Crippen molar-refractivity contribution >= 4 is 28.5 Å². The van der Waals surface area contributed by atoms with Crippen LogP contribution in [0.3, 0.4) is 0 Å². The maximum absolute atomic E-state index is 10.7. The summed E-state index contributed by atoms with van der Waals surface area (Å²) in [5, 5.41) is 13.8. The zero-order valence-corrected chi connectivity index (χ0v) is 14.5. The Bertz CT molecular complexity index is 902. The Kier molecular flexibility index (Phi) is 4.94. The van der Waals surface area contributed by atoms with Gasteiger partial charge in [-0.3, -0.25) is 4.79 Å². The Morgan fingerprint density at radius 3 is 2.92 bits per heavy atom. The second kappa shape index (κ2) is 7.14. The number of carboxylic acids is 1. The van der Waals surface area contributed by atoms with Gasteiger partial charge in [0, 0.05) is 17.9 Å². The molecule has 0 aliphatic carbocycles. The number of carbonyl (C=O) groups is 1. The first-order chi connectivity index (χ1) is 12.0. The maximum Gasteiger partial charge on any atom is 0.303 e. The van der Waals surface area contributed by atoms with E-state index in [0.717, 1.165) is 12.1 Å². The van der Waals surface area contributed by atoms with Crippen LogP contribution in [0.15, 0.2) is 27.3 Å². The van der Waals surface area contributed by atoms with E-state index >= 15 is 0 Å². The molecule has 1 N–H and O–H groups in total. The minimum absolute atomic E-state index is 0.0293. The molecule has 7 nitrogen and oxygen atoms in total. The number of oxazole rings is 1. The van der Waals surface area contributed by atoms with Gasteiger partial charge in [-0.15, -0.1) is 0 Å². The third-order valence-electron chi connectivity index (χ3n) is 3.76. The molecule has 25 heavy (non-hydrogen) atoms. The molecule has 132 valence electrons. The number of ether oxygens (including phenoxy) is 1. The number of benzene rings is 1. The van der Waals surface area contributed by atoms with Crippen LogP contribution in [0.2, 0.25) is 5.02 Å². The van der Waals surface area contributed by atoms with Crippen molar-refractivity contribution in [2.45, 2.75) is 39.2 Å². The van der Waals surface area contributed by atoms with Gasteiger partial charge in [-0.25, -0.2) is 4.98 Å². The fourth-order valence-electron chi connectivity index (χ4n) is 2.40. The van der Waals surface area contributed by atoms with E-state index in [0.29, 0.717) is 33.3 Å². The molecule has 0 radical (unpaired) electrons. The average molecular weight is 365 g/mol. The number of aromatic nitrogens is 2. The number of hydrogen-bond donors (Lipinski definition) is 1. The highest BCUT2D eigenvalue weighted by Gasteiger charge is 2.18. The van der Waals surface area contributed by atoms with Gasteiger partial charge in [-0.2, -0.15) is 0 Å². The summed E-state index contributed by atoms with van der Waals surface area (Å²) in [7, 11) is 0. The molecule has 0 bridgehead atoms. The number of halogens is 1. The molecule has 0 spiro atoms. The normalized spacial score (nSPS) is 12.4. The third kappa shape index (κ3) is 3.76. The van der Waals surface area contributed by atoms with Gasteiger partial charge in [0.25, 0.3) is 0 Å². The number of rotatable bonds is 7. The van der Waals surface area contributed by atoms with Gasteiger partial charge in [-0.1, -0.05) is 23.7 Å². The lowest BCUT2D eigenvalue weighted by atomic mass is 10.1. The summed E-state index contributed by atoms with van der Waals surface area (Å²) in [5.41, 5.74) is 1.89. The third-order valence-corrected chi connectivity index (χ3v) is 4.05. The molecule has 0 saturated carbocycles. The van der Waals surface area contributed by atoms with Crippen LogP contribution in [0.25, 0.3) is 11.0 Å². The van der Waals surface area contributed by atoms with E-state index in [-0.39, 0.29) is 12.8 Å². The SMILES string of the molecule is CCc1coc([C@@H](C)Oc2cc3onc(CCC(=O)O)c3cc2Cl)n1. The fourth-order valence-corrected chi connectivity index (χ4v) is 2.61. The van der Waals surface area contributed by atoms with Crippen LogP contribution >= 0.6 is 11.6 Å². The summed E-state index contributed by atoms with van der Waals surface area (Å²) in [5.74, 6) is -0.0139. The molecule has 1 atom stereocenters. The predicted molar refractivity (Wildman–Crippen MR) is 89.9 cm³/mol. The largest absolute Gasteiger partial charge is 0.481 e. The second-order valence-electron chi connectivity index (χ2n) is 5.59. The van der Waals surface area contributed by atoms with Crippen molar-refractivity contribution in [2.75, 3.05) is 0 Å². The number of aliphatic carboxylic acids is 1. The molecule has 0 aliphatic heterocycles. The fraction of sp³-hybridized carbons (Fsp3) is 0.353. The zero-order chi connectivity index (χ0) is 18.0. The molecule has 0 saturated heterocycles. The van der Waals surface area contributed by atoms with E-state index in [1.54, 1.807) is 18.4 Å². The van der Waals surface area contributed by atoms with Crippen LogP contribution in [0, 0.1) is 0 Å². The molecule has 2 aromatic heterocycles. The van der Waals surface area contributed by atoms with Crippen molar-refractivity contribution in [2.24, 2.45) is 0 Å². The van der Waals surface area contributed by atoms with Crippen LogP contribution in [-0.2, 0) is 17.6 Å². The van der Waals surface area contributed by atoms with Gasteiger partial charge < -0.3 is 18.8 Å². The predicted octanol–water partition coefficient (Wildman–Crippen LogP) is 4.19. The molecule has 3 rings (SSSR count). The number of nitrogens with zero attached hydrogens (tertiary/aromatic N) is 2. The van der Waals surface area contributed by atoms with Gasteiger partial charge in [0.15, 0.2) is 11.7 Å². The lowest BCUT2D eigenvalue weighted by Crippen LogP contribution is -2.04. The Labute approximate surface area is 148 Å². The summed E-state index contributed by atoms with van der Waals surface area (Å²) in [6.07, 6.45) is 2.19. The van der Waals surface area contributed by atoms with Crippen LogP contribution in [0.4, 0.5) is 0 Å². The van der Waals surface area contributed by atoms with Gasteiger partial charge in [-0.05, 0) is 19.4 Å². The van der Waals surface area contributed by atoms with E-state index < -0.39 is 12.1 Å². The minimum Gasteiger partial charge on any atom is -0.481 e. The van der Waals surface area contributed by atoms with Crippen LogP contribution in [0.5, 0.6) is 5.75 Å². The quantitative estimate of drug-likeness (QED) is 0.671. The van der Waals surface area contributed by atoms with Crippen molar-refractivity contribution in [1.82, 2.24) is 10.1 Å². The van der Waals surface area contributed by atoms with E-state index in [4.69, 9.17) is 30.4 Å². The summed E-state index contributed by atoms with van der Waals surface area (Å²) >= 11 is 6.30. The Morgan fingerprint density at radius 2 is 2.24 bits per heavy atom. The van der Waals surface area contributed by atoms with Crippen molar-refractivity contribution < 1.29 is 23.6 Å².